The number of rotatable bonds is 5. The monoisotopic (exact) mass is 424 g/mol. The van der Waals surface area contributed by atoms with Crippen LogP contribution in [0.1, 0.15) is 27.9 Å². The Labute approximate surface area is 187 Å². The standard InChI is InChI=1S/C26H24N4O2/c31-26(22-14-8-3-9-15-22)30-17-16-29(18-20-10-4-1-5-11-20)19-23(30)25-27-24(28-32-25)21-12-6-2-7-13-21/h1-15,23H,16-19H2. The summed E-state index contributed by atoms with van der Waals surface area (Å²) >= 11 is 0. The number of aromatic nitrogens is 2. The van der Waals surface area contributed by atoms with Crippen molar-refractivity contribution in [3.63, 3.8) is 0 Å². The molecular formula is C26H24N4O2. The van der Waals surface area contributed by atoms with Gasteiger partial charge in [-0.05, 0) is 17.7 Å². The van der Waals surface area contributed by atoms with Crippen LogP contribution in [0.15, 0.2) is 95.5 Å². The molecule has 0 aliphatic carbocycles. The molecule has 2 heterocycles. The van der Waals surface area contributed by atoms with Crippen molar-refractivity contribution < 1.29 is 9.32 Å². The van der Waals surface area contributed by atoms with Crippen LogP contribution in [0.2, 0.25) is 0 Å². The molecule has 5 rings (SSSR count). The number of carbonyl (C=O) groups is 1. The first-order valence-electron chi connectivity index (χ1n) is 10.8. The van der Waals surface area contributed by atoms with Gasteiger partial charge in [-0.25, -0.2) is 0 Å². The molecule has 1 aliphatic heterocycles. The topological polar surface area (TPSA) is 62.5 Å². The molecule has 1 fully saturated rings. The fourth-order valence-electron chi connectivity index (χ4n) is 4.10. The lowest BCUT2D eigenvalue weighted by atomic mass is 10.1. The maximum absolute atomic E-state index is 13.3. The van der Waals surface area contributed by atoms with Crippen LogP contribution in [-0.4, -0.2) is 45.5 Å². The van der Waals surface area contributed by atoms with Gasteiger partial charge in [-0.2, -0.15) is 4.98 Å². The molecule has 160 valence electrons. The molecule has 1 atom stereocenters. The fraction of sp³-hybridized carbons (Fsp3) is 0.192. The van der Waals surface area contributed by atoms with Crippen LogP contribution < -0.4 is 0 Å². The average molecular weight is 425 g/mol. The van der Waals surface area contributed by atoms with Crippen molar-refractivity contribution in [3.8, 4) is 11.4 Å². The zero-order valence-electron chi connectivity index (χ0n) is 17.7. The molecule has 1 aromatic heterocycles. The van der Waals surface area contributed by atoms with E-state index in [1.807, 2.05) is 83.8 Å². The number of piperazine rings is 1. The Kier molecular flexibility index (Phi) is 5.77. The second kappa shape index (κ2) is 9.16. The highest BCUT2D eigenvalue weighted by Crippen LogP contribution is 2.28. The lowest BCUT2D eigenvalue weighted by Gasteiger charge is -2.39. The van der Waals surface area contributed by atoms with Gasteiger partial charge in [0.25, 0.3) is 11.8 Å². The molecule has 3 aromatic carbocycles. The lowest BCUT2D eigenvalue weighted by Crippen LogP contribution is -2.50. The maximum Gasteiger partial charge on any atom is 0.254 e. The zero-order valence-corrected chi connectivity index (χ0v) is 17.7. The molecule has 1 unspecified atom stereocenters. The Hall–Kier alpha value is -3.77. The van der Waals surface area contributed by atoms with Crippen LogP contribution in [0.25, 0.3) is 11.4 Å². The van der Waals surface area contributed by atoms with E-state index in [0.29, 0.717) is 30.4 Å². The van der Waals surface area contributed by atoms with Crippen molar-refractivity contribution in [1.82, 2.24) is 19.9 Å². The summed E-state index contributed by atoms with van der Waals surface area (Å²) in [5, 5.41) is 4.19. The molecule has 4 aromatic rings. The Balaban J connectivity index is 1.43. The minimum absolute atomic E-state index is 0.0191. The van der Waals surface area contributed by atoms with Crippen molar-refractivity contribution >= 4 is 5.91 Å². The van der Waals surface area contributed by atoms with Crippen LogP contribution in [-0.2, 0) is 6.54 Å². The maximum atomic E-state index is 13.3. The molecule has 0 spiro atoms. The van der Waals surface area contributed by atoms with E-state index in [-0.39, 0.29) is 11.9 Å². The van der Waals surface area contributed by atoms with Gasteiger partial charge >= 0.3 is 0 Å². The summed E-state index contributed by atoms with van der Waals surface area (Å²) in [6, 6.07) is 29.2. The summed E-state index contributed by atoms with van der Waals surface area (Å²) in [4.78, 5) is 22.2. The summed E-state index contributed by atoms with van der Waals surface area (Å²) in [6.07, 6.45) is 0. The Morgan fingerprint density at radius 3 is 2.25 bits per heavy atom. The Bertz CT molecular complexity index is 1160. The summed E-state index contributed by atoms with van der Waals surface area (Å²) in [5.41, 5.74) is 2.79. The van der Waals surface area contributed by atoms with Crippen LogP contribution >= 0.6 is 0 Å². The number of amides is 1. The van der Waals surface area contributed by atoms with Crippen molar-refractivity contribution in [2.24, 2.45) is 0 Å². The molecule has 32 heavy (non-hydrogen) atoms. The molecule has 0 bridgehead atoms. The molecular weight excluding hydrogens is 400 g/mol. The SMILES string of the molecule is O=C(c1ccccc1)N1CCN(Cc2ccccc2)CC1c1nc(-c2ccccc2)no1. The lowest BCUT2D eigenvalue weighted by molar-refractivity contribution is 0.0357. The smallest absolute Gasteiger partial charge is 0.254 e. The van der Waals surface area contributed by atoms with E-state index < -0.39 is 0 Å². The van der Waals surface area contributed by atoms with Crippen molar-refractivity contribution in [2.45, 2.75) is 12.6 Å². The third-order valence-electron chi connectivity index (χ3n) is 5.75. The summed E-state index contributed by atoms with van der Waals surface area (Å²) in [6.45, 7) is 2.81. The van der Waals surface area contributed by atoms with Gasteiger partial charge < -0.3 is 9.42 Å². The van der Waals surface area contributed by atoms with Gasteiger partial charge in [-0.15, -0.1) is 0 Å². The first-order chi connectivity index (χ1) is 15.8. The molecule has 0 radical (unpaired) electrons. The minimum Gasteiger partial charge on any atom is -0.337 e. The second-order valence-corrected chi connectivity index (χ2v) is 7.92. The van der Waals surface area contributed by atoms with Gasteiger partial charge in [0.1, 0.15) is 6.04 Å². The zero-order chi connectivity index (χ0) is 21.8. The third-order valence-corrected chi connectivity index (χ3v) is 5.75. The van der Waals surface area contributed by atoms with Crippen LogP contribution in [0.5, 0.6) is 0 Å². The van der Waals surface area contributed by atoms with Crippen molar-refractivity contribution in [2.75, 3.05) is 19.6 Å². The highest BCUT2D eigenvalue weighted by molar-refractivity contribution is 5.94. The Morgan fingerprint density at radius 2 is 1.53 bits per heavy atom. The van der Waals surface area contributed by atoms with E-state index >= 15 is 0 Å². The molecule has 1 amide bonds. The number of nitrogens with zero attached hydrogens (tertiary/aromatic N) is 4. The summed E-state index contributed by atoms with van der Waals surface area (Å²) in [7, 11) is 0. The van der Waals surface area contributed by atoms with E-state index in [9.17, 15) is 4.79 Å². The first-order valence-corrected chi connectivity index (χ1v) is 10.8. The van der Waals surface area contributed by atoms with Crippen LogP contribution in [0.3, 0.4) is 0 Å². The molecule has 0 saturated carbocycles. The summed E-state index contributed by atoms with van der Waals surface area (Å²) < 4.78 is 5.69. The molecule has 0 N–H and O–H groups in total. The highest BCUT2D eigenvalue weighted by atomic mass is 16.5. The number of benzene rings is 3. The van der Waals surface area contributed by atoms with E-state index in [4.69, 9.17) is 4.52 Å². The van der Waals surface area contributed by atoms with Crippen LogP contribution in [0, 0.1) is 0 Å². The van der Waals surface area contributed by atoms with Gasteiger partial charge in [0.15, 0.2) is 0 Å². The Morgan fingerprint density at radius 1 is 0.875 bits per heavy atom. The first kappa shape index (κ1) is 20.2. The fourth-order valence-corrected chi connectivity index (χ4v) is 4.10. The normalized spacial score (nSPS) is 16.8. The largest absolute Gasteiger partial charge is 0.337 e. The van der Waals surface area contributed by atoms with E-state index in [1.54, 1.807) is 0 Å². The van der Waals surface area contributed by atoms with E-state index in [0.717, 1.165) is 18.7 Å². The predicted octanol–water partition coefficient (Wildman–Crippen LogP) is 4.44. The van der Waals surface area contributed by atoms with Gasteiger partial charge in [0, 0.05) is 37.3 Å². The van der Waals surface area contributed by atoms with E-state index in [2.05, 4.69) is 27.2 Å². The number of hydrogen-bond acceptors (Lipinski definition) is 5. The van der Waals surface area contributed by atoms with Gasteiger partial charge in [0.05, 0.1) is 0 Å². The number of hydrogen-bond donors (Lipinski definition) is 0. The van der Waals surface area contributed by atoms with E-state index in [1.165, 1.54) is 5.56 Å². The summed E-state index contributed by atoms with van der Waals surface area (Å²) in [5.74, 6) is 0.980. The molecule has 1 saturated heterocycles. The van der Waals surface area contributed by atoms with Crippen molar-refractivity contribution in [1.29, 1.82) is 0 Å². The number of carbonyl (C=O) groups excluding carboxylic acids is 1. The molecule has 6 nitrogen and oxygen atoms in total. The van der Waals surface area contributed by atoms with Gasteiger partial charge in [-0.3, -0.25) is 9.69 Å². The average Bonchev–Trinajstić information content (AvgIpc) is 3.36. The molecule has 1 aliphatic rings. The van der Waals surface area contributed by atoms with Crippen molar-refractivity contribution in [3.05, 3.63) is 108 Å². The predicted molar refractivity (Wildman–Crippen MR) is 122 cm³/mol. The quantitative estimate of drug-likeness (QED) is 0.474. The third kappa shape index (κ3) is 4.31. The molecule has 6 heteroatoms. The van der Waals surface area contributed by atoms with Gasteiger partial charge in [0.2, 0.25) is 5.82 Å². The minimum atomic E-state index is -0.315. The second-order valence-electron chi connectivity index (χ2n) is 7.92. The van der Waals surface area contributed by atoms with Gasteiger partial charge in [-0.1, -0.05) is 84.0 Å². The highest BCUT2D eigenvalue weighted by Gasteiger charge is 2.35. The van der Waals surface area contributed by atoms with Crippen LogP contribution in [0.4, 0.5) is 0 Å².